The zero-order valence-corrected chi connectivity index (χ0v) is 9.95. The molecule has 1 rings (SSSR count). The highest BCUT2D eigenvalue weighted by molar-refractivity contribution is 14.1. The maximum absolute atomic E-state index is 9.77. The van der Waals surface area contributed by atoms with Crippen molar-refractivity contribution in [2.75, 3.05) is 0 Å². The van der Waals surface area contributed by atoms with E-state index >= 15 is 0 Å². The van der Waals surface area contributed by atoms with Gasteiger partial charge in [-0.2, -0.15) is 5.10 Å². The molecule has 3 nitrogen and oxygen atoms in total. The quantitative estimate of drug-likeness (QED) is 0.684. The van der Waals surface area contributed by atoms with Gasteiger partial charge in [0, 0.05) is 12.6 Å². The van der Waals surface area contributed by atoms with Crippen LogP contribution in [0.5, 0.6) is 0 Å². The van der Waals surface area contributed by atoms with Crippen LogP contribution < -0.4 is 0 Å². The molecule has 1 aromatic rings. The Morgan fingerprint density at radius 3 is 2.85 bits per heavy atom. The number of aromatic nitrogens is 2. The third-order valence-corrected chi connectivity index (χ3v) is 3.11. The van der Waals surface area contributed by atoms with Gasteiger partial charge in [-0.3, -0.25) is 4.68 Å². The molecule has 0 spiro atoms. The van der Waals surface area contributed by atoms with Crippen molar-refractivity contribution in [1.82, 2.24) is 9.78 Å². The van der Waals surface area contributed by atoms with E-state index in [0.29, 0.717) is 6.42 Å². The standard InChI is InChI=1S/C9H13IN2O/c1-6(2)4-8(13)7-5-11-12(3)9(7)10/h5,8,13H,1,4H2,2-3H3. The van der Waals surface area contributed by atoms with E-state index in [1.165, 1.54) is 0 Å². The molecule has 72 valence electrons. The maximum atomic E-state index is 9.77. The summed E-state index contributed by atoms with van der Waals surface area (Å²) in [6.45, 7) is 5.68. The molecule has 0 fully saturated rings. The summed E-state index contributed by atoms with van der Waals surface area (Å²) in [6.07, 6.45) is 1.83. The smallest absolute Gasteiger partial charge is 0.104 e. The summed E-state index contributed by atoms with van der Waals surface area (Å²) in [4.78, 5) is 0. The first-order valence-corrected chi connectivity index (χ1v) is 5.10. The van der Waals surface area contributed by atoms with Crippen LogP contribution >= 0.6 is 22.6 Å². The molecule has 1 aromatic heterocycles. The van der Waals surface area contributed by atoms with Crippen molar-refractivity contribution in [1.29, 1.82) is 0 Å². The molecule has 0 aliphatic carbocycles. The van der Waals surface area contributed by atoms with Crippen LogP contribution in [0, 0.1) is 3.70 Å². The zero-order valence-electron chi connectivity index (χ0n) is 7.79. The summed E-state index contributed by atoms with van der Waals surface area (Å²) in [5, 5.41) is 13.8. The van der Waals surface area contributed by atoms with Gasteiger partial charge in [-0.25, -0.2) is 0 Å². The van der Waals surface area contributed by atoms with E-state index in [-0.39, 0.29) is 0 Å². The Bertz CT molecular complexity index is 319. The first-order valence-electron chi connectivity index (χ1n) is 4.02. The lowest BCUT2D eigenvalue weighted by Crippen LogP contribution is -2.00. The predicted octanol–water partition coefficient (Wildman–Crippen LogP) is 2.02. The van der Waals surface area contributed by atoms with Gasteiger partial charge in [-0.15, -0.1) is 6.58 Å². The Kier molecular flexibility index (Phi) is 3.49. The second-order valence-electron chi connectivity index (χ2n) is 3.19. The van der Waals surface area contributed by atoms with E-state index in [4.69, 9.17) is 0 Å². The van der Waals surface area contributed by atoms with Gasteiger partial charge in [0.25, 0.3) is 0 Å². The van der Waals surface area contributed by atoms with Crippen LogP contribution in [-0.4, -0.2) is 14.9 Å². The molecule has 0 radical (unpaired) electrons. The van der Waals surface area contributed by atoms with Crippen molar-refractivity contribution in [2.45, 2.75) is 19.4 Å². The maximum Gasteiger partial charge on any atom is 0.104 e. The lowest BCUT2D eigenvalue weighted by Gasteiger charge is -2.08. The molecule has 1 unspecified atom stereocenters. The second-order valence-corrected chi connectivity index (χ2v) is 4.21. The van der Waals surface area contributed by atoms with E-state index in [1.54, 1.807) is 10.9 Å². The van der Waals surface area contributed by atoms with Crippen LogP contribution in [0.2, 0.25) is 0 Å². The minimum atomic E-state index is -0.474. The van der Waals surface area contributed by atoms with Crippen LogP contribution in [0.25, 0.3) is 0 Å². The molecule has 1 heterocycles. The molecule has 0 saturated carbocycles. The summed E-state index contributed by atoms with van der Waals surface area (Å²) >= 11 is 2.17. The molecule has 0 bridgehead atoms. The highest BCUT2D eigenvalue weighted by Gasteiger charge is 2.14. The van der Waals surface area contributed by atoms with Gasteiger partial charge >= 0.3 is 0 Å². The molecule has 0 aliphatic rings. The lowest BCUT2D eigenvalue weighted by molar-refractivity contribution is 0.177. The minimum absolute atomic E-state index is 0.474. The molecular weight excluding hydrogens is 279 g/mol. The van der Waals surface area contributed by atoms with Crippen LogP contribution in [-0.2, 0) is 7.05 Å². The molecule has 0 aliphatic heterocycles. The fourth-order valence-electron chi connectivity index (χ4n) is 1.10. The summed E-state index contributed by atoms with van der Waals surface area (Å²) < 4.78 is 2.73. The third kappa shape index (κ3) is 2.54. The van der Waals surface area contributed by atoms with Gasteiger partial charge in [-0.05, 0) is 35.9 Å². The van der Waals surface area contributed by atoms with Gasteiger partial charge in [0.05, 0.1) is 12.3 Å². The van der Waals surface area contributed by atoms with E-state index < -0.39 is 6.10 Å². The Hall–Kier alpha value is -0.360. The van der Waals surface area contributed by atoms with E-state index in [0.717, 1.165) is 14.8 Å². The minimum Gasteiger partial charge on any atom is -0.388 e. The molecule has 13 heavy (non-hydrogen) atoms. The number of hydrogen-bond acceptors (Lipinski definition) is 2. The van der Waals surface area contributed by atoms with Gasteiger partial charge in [0.2, 0.25) is 0 Å². The molecular formula is C9H13IN2O. The van der Waals surface area contributed by atoms with E-state index in [2.05, 4.69) is 34.3 Å². The number of rotatable bonds is 3. The first-order chi connectivity index (χ1) is 6.02. The lowest BCUT2D eigenvalue weighted by atomic mass is 10.1. The van der Waals surface area contributed by atoms with Crippen molar-refractivity contribution in [3.63, 3.8) is 0 Å². The van der Waals surface area contributed by atoms with Crippen molar-refractivity contribution in [3.8, 4) is 0 Å². The Morgan fingerprint density at radius 1 is 1.85 bits per heavy atom. The Labute approximate surface area is 91.6 Å². The monoisotopic (exact) mass is 292 g/mol. The normalized spacial score (nSPS) is 12.9. The summed E-state index contributed by atoms with van der Waals surface area (Å²) in [5.74, 6) is 0. The largest absolute Gasteiger partial charge is 0.388 e. The van der Waals surface area contributed by atoms with Crippen molar-refractivity contribution < 1.29 is 5.11 Å². The summed E-state index contributed by atoms with van der Waals surface area (Å²) in [5.41, 5.74) is 1.86. The summed E-state index contributed by atoms with van der Waals surface area (Å²) in [6, 6.07) is 0. The van der Waals surface area contributed by atoms with Gasteiger partial charge in [0.15, 0.2) is 0 Å². The predicted molar refractivity (Wildman–Crippen MR) is 60.3 cm³/mol. The molecule has 4 heteroatoms. The van der Waals surface area contributed by atoms with Crippen LogP contribution in [0.15, 0.2) is 18.3 Å². The van der Waals surface area contributed by atoms with Crippen molar-refractivity contribution >= 4 is 22.6 Å². The molecule has 1 N–H and O–H groups in total. The fraction of sp³-hybridized carbons (Fsp3) is 0.444. The van der Waals surface area contributed by atoms with Gasteiger partial charge in [0.1, 0.15) is 3.70 Å². The number of hydrogen-bond donors (Lipinski definition) is 1. The Morgan fingerprint density at radius 2 is 2.46 bits per heavy atom. The van der Waals surface area contributed by atoms with Gasteiger partial charge in [-0.1, -0.05) is 5.57 Å². The summed E-state index contributed by atoms with van der Waals surface area (Å²) in [7, 11) is 1.86. The zero-order chi connectivity index (χ0) is 10.0. The molecule has 0 amide bonds. The SMILES string of the molecule is C=C(C)CC(O)c1cnn(C)c1I. The topological polar surface area (TPSA) is 38.1 Å². The second kappa shape index (κ2) is 4.23. The molecule has 0 saturated heterocycles. The molecule has 0 aromatic carbocycles. The van der Waals surface area contributed by atoms with E-state index in [1.807, 2.05) is 14.0 Å². The van der Waals surface area contributed by atoms with Crippen LogP contribution in [0.3, 0.4) is 0 Å². The highest BCUT2D eigenvalue weighted by Crippen LogP contribution is 2.23. The molecule has 1 atom stereocenters. The van der Waals surface area contributed by atoms with E-state index in [9.17, 15) is 5.11 Å². The first kappa shape index (κ1) is 10.7. The number of halogens is 1. The number of aliphatic hydroxyl groups excluding tert-OH is 1. The fourth-order valence-corrected chi connectivity index (χ4v) is 1.73. The number of nitrogens with zero attached hydrogens (tertiary/aromatic N) is 2. The van der Waals surface area contributed by atoms with Crippen molar-refractivity contribution in [3.05, 3.63) is 27.6 Å². The average Bonchev–Trinajstić information content (AvgIpc) is 2.31. The Balaban J connectivity index is 2.82. The highest BCUT2D eigenvalue weighted by atomic mass is 127. The van der Waals surface area contributed by atoms with Gasteiger partial charge < -0.3 is 5.11 Å². The average molecular weight is 292 g/mol. The third-order valence-electron chi connectivity index (χ3n) is 1.79. The van der Waals surface area contributed by atoms with Crippen LogP contribution in [0.1, 0.15) is 25.0 Å². The number of aryl methyl sites for hydroxylation is 1. The number of aliphatic hydroxyl groups is 1. The van der Waals surface area contributed by atoms with Crippen molar-refractivity contribution in [2.24, 2.45) is 7.05 Å². The van der Waals surface area contributed by atoms with Crippen LogP contribution in [0.4, 0.5) is 0 Å².